The van der Waals surface area contributed by atoms with Gasteiger partial charge in [-0.05, 0) is 19.4 Å². The first-order valence-electron chi connectivity index (χ1n) is 7.49. The summed E-state index contributed by atoms with van der Waals surface area (Å²) in [7, 11) is 1.58. The maximum atomic E-state index is 12.8. The van der Waals surface area contributed by atoms with Gasteiger partial charge in [0, 0.05) is 25.6 Å². The molecule has 1 aromatic rings. The minimum atomic E-state index is -0.911. The molecule has 2 rings (SSSR count). The smallest absolute Gasteiger partial charge is 0.305 e. The lowest BCUT2D eigenvalue weighted by molar-refractivity contribution is -0.137. The first-order chi connectivity index (χ1) is 10.3. The van der Waals surface area contributed by atoms with Crippen LogP contribution in [0.1, 0.15) is 54.5 Å². The number of nitrogens with zero attached hydrogens (tertiary/aromatic N) is 1. The number of carbonyl (C=O) groups excluding carboxylic acids is 1. The van der Waals surface area contributed by atoms with Gasteiger partial charge in [-0.25, -0.2) is 0 Å². The van der Waals surface area contributed by atoms with E-state index in [9.17, 15) is 9.59 Å². The molecule has 1 amide bonds. The summed E-state index contributed by atoms with van der Waals surface area (Å²) in [6.07, 6.45) is 0.354. The van der Waals surface area contributed by atoms with Crippen molar-refractivity contribution in [2.75, 3.05) is 13.7 Å². The number of amides is 1. The number of carboxylic acid groups (broad SMARTS) is 1. The fraction of sp³-hybridized carbons (Fsp3) is 0.625. The zero-order valence-electron chi connectivity index (χ0n) is 13.5. The number of rotatable bonds is 5. The molecule has 1 aliphatic heterocycles. The predicted octanol–water partition coefficient (Wildman–Crippen LogP) is 2.42. The van der Waals surface area contributed by atoms with Crippen molar-refractivity contribution in [2.24, 2.45) is 0 Å². The van der Waals surface area contributed by atoms with Crippen LogP contribution in [0.2, 0.25) is 0 Å². The number of ether oxygens (including phenoxy) is 1. The van der Waals surface area contributed by atoms with E-state index in [1.54, 1.807) is 25.0 Å². The number of carboxylic acids is 1. The number of aryl methyl sites for hydroxylation is 1. The molecule has 0 aromatic carbocycles. The average molecular weight is 309 g/mol. The summed E-state index contributed by atoms with van der Waals surface area (Å²) in [5, 5.41) is 9.04. The molecule has 1 saturated heterocycles. The maximum absolute atomic E-state index is 12.8. The average Bonchev–Trinajstić information content (AvgIpc) is 3.01. The normalized spacial score (nSPS) is 21.6. The lowest BCUT2D eigenvalue weighted by atomic mass is 10.1. The van der Waals surface area contributed by atoms with Crippen molar-refractivity contribution >= 4 is 11.9 Å². The zero-order valence-corrected chi connectivity index (χ0v) is 13.5. The summed E-state index contributed by atoms with van der Waals surface area (Å²) < 4.78 is 10.9. The minimum absolute atomic E-state index is 0.0699. The van der Waals surface area contributed by atoms with E-state index in [4.69, 9.17) is 14.3 Å². The molecule has 6 heteroatoms. The van der Waals surface area contributed by atoms with E-state index in [0.29, 0.717) is 24.3 Å². The predicted molar refractivity (Wildman–Crippen MR) is 80.0 cm³/mol. The van der Waals surface area contributed by atoms with Crippen molar-refractivity contribution < 1.29 is 23.8 Å². The molecule has 0 bridgehead atoms. The molecule has 2 atom stereocenters. The second-order valence-corrected chi connectivity index (χ2v) is 6.08. The fourth-order valence-corrected chi connectivity index (χ4v) is 2.84. The van der Waals surface area contributed by atoms with Crippen LogP contribution >= 0.6 is 0 Å². The molecule has 22 heavy (non-hydrogen) atoms. The molecule has 1 aliphatic rings. The van der Waals surface area contributed by atoms with E-state index >= 15 is 0 Å². The number of furan rings is 1. The highest BCUT2D eigenvalue weighted by atomic mass is 16.5. The van der Waals surface area contributed by atoms with Crippen LogP contribution in [-0.4, -0.2) is 47.7 Å². The van der Waals surface area contributed by atoms with Crippen LogP contribution in [0.3, 0.4) is 0 Å². The summed E-state index contributed by atoms with van der Waals surface area (Å²) in [6, 6.07) is 1.42. The van der Waals surface area contributed by atoms with Crippen LogP contribution in [0, 0.1) is 6.92 Å². The molecule has 0 saturated carbocycles. The van der Waals surface area contributed by atoms with Crippen LogP contribution in [0.25, 0.3) is 0 Å². The van der Waals surface area contributed by atoms with Gasteiger partial charge >= 0.3 is 5.97 Å². The van der Waals surface area contributed by atoms with Gasteiger partial charge in [-0.3, -0.25) is 9.59 Å². The summed E-state index contributed by atoms with van der Waals surface area (Å²) >= 11 is 0. The zero-order chi connectivity index (χ0) is 16.4. The monoisotopic (exact) mass is 309 g/mol. The number of hydrogen-bond acceptors (Lipinski definition) is 4. The number of hydrogen-bond donors (Lipinski definition) is 1. The van der Waals surface area contributed by atoms with E-state index in [-0.39, 0.29) is 30.4 Å². The van der Waals surface area contributed by atoms with Gasteiger partial charge in [-0.2, -0.15) is 0 Å². The summed E-state index contributed by atoms with van der Waals surface area (Å²) in [5.74, 6) is 0.437. The van der Waals surface area contributed by atoms with Gasteiger partial charge in [0.15, 0.2) is 0 Å². The molecule has 0 spiro atoms. The van der Waals surface area contributed by atoms with E-state index in [0.717, 1.165) is 5.76 Å². The van der Waals surface area contributed by atoms with Gasteiger partial charge in [0.1, 0.15) is 11.5 Å². The van der Waals surface area contributed by atoms with Crippen molar-refractivity contribution in [3.05, 3.63) is 23.2 Å². The first-order valence-corrected chi connectivity index (χ1v) is 7.49. The summed E-state index contributed by atoms with van der Waals surface area (Å²) in [4.78, 5) is 25.4. The second-order valence-electron chi connectivity index (χ2n) is 6.08. The summed E-state index contributed by atoms with van der Waals surface area (Å²) in [5.41, 5.74) is 0.510. The Labute approximate surface area is 130 Å². The van der Waals surface area contributed by atoms with Crippen LogP contribution < -0.4 is 0 Å². The van der Waals surface area contributed by atoms with Gasteiger partial charge in [-0.15, -0.1) is 0 Å². The third-order valence-corrected chi connectivity index (χ3v) is 4.12. The number of methoxy groups -OCH3 is 1. The standard InChI is InChI=1S/C16H23NO5/c1-9(2)14-7-13(10(3)22-14)16(20)17-8-12(21-4)5-11(17)6-15(18)19/h7,9,11-12H,5-6,8H2,1-4H3,(H,18,19). The Morgan fingerprint density at radius 3 is 2.68 bits per heavy atom. The Bertz CT molecular complexity index is 563. The van der Waals surface area contributed by atoms with E-state index in [1.807, 2.05) is 13.8 Å². The Balaban J connectivity index is 2.24. The van der Waals surface area contributed by atoms with Gasteiger partial charge in [-0.1, -0.05) is 13.8 Å². The molecule has 122 valence electrons. The molecular weight excluding hydrogens is 286 g/mol. The molecule has 0 aliphatic carbocycles. The minimum Gasteiger partial charge on any atom is -0.481 e. The van der Waals surface area contributed by atoms with Crippen molar-refractivity contribution in [1.29, 1.82) is 0 Å². The van der Waals surface area contributed by atoms with Gasteiger partial charge in [0.2, 0.25) is 0 Å². The van der Waals surface area contributed by atoms with Gasteiger partial charge in [0.05, 0.1) is 18.1 Å². The third kappa shape index (κ3) is 3.32. The quantitative estimate of drug-likeness (QED) is 0.903. The molecular formula is C16H23NO5. The van der Waals surface area contributed by atoms with Crippen LogP contribution in [-0.2, 0) is 9.53 Å². The molecule has 2 heterocycles. The second kappa shape index (κ2) is 6.52. The Hall–Kier alpha value is -1.82. The molecule has 0 radical (unpaired) electrons. The van der Waals surface area contributed by atoms with E-state index in [2.05, 4.69) is 0 Å². The van der Waals surface area contributed by atoms with Gasteiger partial charge < -0.3 is 19.2 Å². The number of likely N-dealkylation sites (tertiary alicyclic amines) is 1. The SMILES string of the molecule is COC1CC(CC(=O)O)N(C(=O)c2cc(C(C)C)oc2C)C1. The Morgan fingerprint density at radius 2 is 2.18 bits per heavy atom. The van der Waals surface area contributed by atoms with Gasteiger partial charge in [0.25, 0.3) is 5.91 Å². The van der Waals surface area contributed by atoms with E-state index < -0.39 is 5.97 Å². The Morgan fingerprint density at radius 1 is 1.50 bits per heavy atom. The maximum Gasteiger partial charge on any atom is 0.305 e. The Kier molecular flexibility index (Phi) is 4.90. The lowest BCUT2D eigenvalue weighted by Gasteiger charge is -2.22. The largest absolute Gasteiger partial charge is 0.481 e. The number of carbonyl (C=O) groups is 2. The van der Waals surface area contributed by atoms with Crippen molar-refractivity contribution in [3.8, 4) is 0 Å². The van der Waals surface area contributed by atoms with Crippen molar-refractivity contribution in [1.82, 2.24) is 4.90 Å². The van der Waals surface area contributed by atoms with Crippen LogP contribution in [0.5, 0.6) is 0 Å². The molecule has 6 nitrogen and oxygen atoms in total. The molecule has 1 aromatic heterocycles. The fourth-order valence-electron chi connectivity index (χ4n) is 2.84. The molecule has 1 N–H and O–H groups in total. The lowest BCUT2D eigenvalue weighted by Crippen LogP contribution is -2.37. The topological polar surface area (TPSA) is 80.0 Å². The van der Waals surface area contributed by atoms with Crippen molar-refractivity contribution in [3.63, 3.8) is 0 Å². The number of aliphatic carboxylic acids is 1. The highest BCUT2D eigenvalue weighted by Gasteiger charge is 2.38. The first kappa shape index (κ1) is 16.5. The highest BCUT2D eigenvalue weighted by molar-refractivity contribution is 5.96. The third-order valence-electron chi connectivity index (χ3n) is 4.12. The van der Waals surface area contributed by atoms with E-state index in [1.165, 1.54) is 0 Å². The molecule has 1 fully saturated rings. The van der Waals surface area contributed by atoms with Crippen LogP contribution in [0.4, 0.5) is 0 Å². The summed E-state index contributed by atoms with van der Waals surface area (Å²) in [6.45, 7) is 6.16. The molecule has 2 unspecified atom stereocenters. The van der Waals surface area contributed by atoms with Crippen molar-refractivity contribution in [2.45, 2.75) is 51.7 Å². The van der Waals surface area contributed by atoms with Crippen LogP contribution in [0.15, 0.2) is 10.5 Å². The highest BCUT2D eigenvalue weighted by Crippen LogP contribution is 2.28.